The number of para-hydroxylation sites is 1. The van der Waals surface area contributed by atoms with Gasteiger partial charge in [0.05, 0.1) is 18.7 Å². The van der Waals surface area contributed by atoms with Crippen LogP contribution in [0, 0.1) is 5.92 Å². The van der Waals surface area contributed by atoms with Crippen LogP contribution in [0.2, 0.25) is 0 Å². The fourth-order valence-corrected chi connectivity index (χ4v) is 5.61. The quantitative estimate of drug-likeness (QED) is 0.550. The van der Waals surface area contributed by atoms with Gasteiger partial charge in [0, 0.05) is 17.2 Å². The highest BCUT2D eigenvalue weighted by Crippen LogP contribution is 2.44. The number of hydrogen-bond donors (Lipinski definition) is 2. The Morgan fingerprint density at radius 1 is 0.882 bits per heavy atom. The number of carbonyl (C=O) groups excluding carboxylic acids is 1. The van der Waals surface area contributed by atoms with Crippen molar-refractivity contribution >= 4 is 5.91 Å². The van der Waals surface area contributed by atoms with Gasteiger partial charge in [0.2, 0.25) is 5.91 Å². The minimum atomic E-state index is -0.220. The molecule has 1 amide bonds. The van der Waals surface area contributed by atoms with Crippen molar-refractivity contribution in [3.8, 4) is 17.2 Å². The second-order valence-corrected chi connectivity index (χ2v) is 10.2. The summed E-state index contributed by atoms with van der Waals surface area (Å²) in [5, 5.41) is 6.58. The number of nitrogens with one attached hydrogen (secondary N) is 2. The van der Waals surface area contributed by atoms with Crippen molar-refractivity contribution in [1.82, 2.24) is 10.6 Å². The van der Waals surface area contributed by atoms with Crippen molar-refractivity contribution in [2.24, 2.45) is 5.92 Å². The molecule has 2 aromatic carbocycles. The Morgan fingerprint density at radius 2 is 1.62 bits per heavy atom. The van der Waals surface area contributed by atoms with Crippen LogP contribution in [0.1, 0.15) is 87.8 Å². The summed E-state index contributed by atoms with van der Waals surface area (Å²) in [6.07, 6.45) is 14.0. The van der Waals surface area contributed by atoms with Crippen molar-refractivity contribution in [2.75, 3.05) is 13.2 Å². The lowest BCUT2D eigenvalue weighted by Gasteiger charge is -2.30. The smallest absolute Gasteiger partial charge is 0.237 e. The number of hydrogen-bond acceptors (Lipinski definition) is 4. The normalized spacial score (nSPS) is 23.3. The number of amides is 1. The Balaban J connectivity index is 1.29. The maximum atomic E-state index is 12.9. The van der Waals surface area contributed by atoms with Crippen molar-refractivity contribution in [3.05, 3.63) is 53.6 Å². The molecule has 0 radical (unpaired) electrons. The fraction of sp³-hybridized carbons (Fsp3) is 0.552. The zero-order valence-electron chi connectivity index (χ0n) is 20.2. The lowest BCUT2D eigenvalue weighted by molar-refractivity contribution is -0.123. The van der Waals surface area contributed by atoms with Gasteiger partial charge in [-0.2, -0.15) is 0 Å². The second-order valence-electron chi connectivity index (χ2n) is 10.2. The van der Waals surface area contributed by atoms with E-state index in [2.05, 4.69) is 16.7 Å². The SMILES string of the molecule is O=C(NC1c2ccccc2Oc2cc(OCC3CCCCCCCCC3)ccc21)C1CCCN1. The van der Waals surface area contributed by atoms with E-state index >= 15 is 0 Å². The Hall–Kier alpha value is -2.53. The highest BCUT2D eigenvalue weighted by Gasteiger charge is 2.31. The lowest BCUT2D eigenvalue weighted by Crippen LogP contribution is -2.42. The molecule has 2 N–H and O–H groups in total. The van der Waals surface area contributed by atoms with E-state index in [1.165, 1.54) is 57.8 Å². The summed E-state index contributed by atoms with van der Waals surface area (Å²) in [5.41, 5.74) is 1.98. The van der Waals surface area contributed by atoms with Gasteiger partial charge >= 0.3 is 0 Å². The van der Waals surface area contributed by atoms with Crippen LogP contribution in [-0.4, -0.2) is 25.1 Å². The molecule has 5 nitrogen and oxygen atoms in total. The fourth-order valence-electron chi connectivity index (χ4n) is 5.61. The molecule has 2 aromatic rings. The molecule has 2 fully saturated rings. The van der Waals surface area contributed by atoms with Crippen LogP contribution in [0.25, 0.3) is 0 Å². The van der Waals surface area contributed by atoms with Crippen LogP contribution in [-0.2, 0) is 4.79 Å². The molecule has 2 heterocycles. The summed E-state index contributed by atoms with van der Waals surface area (Å²) in [6.45, 7) is 1.67. The Kier molecular flexibility index (Phi) is 7.69. The predicted molar refractivity (Wildman–Crippen MR) is 135 cm³/mol. The summed E-state index contributed by atoms with van der Waals surface area (Å²) < 4.78 is 12.6. The molecule has 182 valence electrons. The number of ether oxygens (including phenoxy) is 2. The van der Waals surface area contributed by atoms with E-state index in [4.69, 9.17) is 9.47 Å². The molecule has 3 aliphatic rings. The van der Waals surface area contributed by atoms with Crippen molar-refractivity contribution in [1.29, 1.82) is 0 Å². The van der Waals surface area contributed by atoms with Gasteiger partial charge in [0.1, 0.15) is 17.2 Å². The van der Waals surface area contributed by atoms with Crippen LogP contribution in [0.3, 0.4) is 0 Å². The van der Waals surface area contributed by atoms with Crippen molar-refractivity contribution in [3.63, 3.8) is 0 Å². The topological polar surface area (TPSA) is 59.6 Å². The first-order valence-electron chi connectivity index (χ1n) is 13.4. The minimum absolute atomic E-state index is 0.0569. The summed E-state index contributed by atoms with van der Waals surface area (Å²) in [7, 11) is 0. The average molecular weight is 463 g/mol. The molecule has 1 saturated carbocycles. The summed E-state index contributed by atoms with van der Waals surface area (Å²) in [4.78, 5) is 12.9. The first kappa shape index (κ1) is 23.2. The third-order valence-corrected chi connectivity index (χ3v) is 7.62. The molecule has 0 bridgehead atoms. The summed E-state index contributed by atoms with van der Waals surface area (Å²) in [6, 6.07) is 13.7. The molecule has 5 rings (SSSR count). The first-order chi connectivity index (χ1) is 16.8. The van der Waals surface area contributed by atoms with E-state index in [-0.39, 0.29) is 18.0 Å². The van der Waals surface area contributed by atoms with Gasteiger partial charge < -0.3 is 20.1 Å². The lowest BCUT2D eigenvalue weighted by atomic mass is 9.93. The summed E-state index contributed by atoms with van der Waals surface area (Å²) >= 11 is 0. The van der Waals surface area contributed by atoms with Gasteiger partial charge in [0.25, 0.3) is 0 Å². The molecule has 0 spiro atoms. The first-order valence-corrected chi connectivity index (χ1v) is 13.4. The van der Waals surface area contributed by atoms with E-state index in [1.54, 1.807) is 0 Å². The zero-order valence-corrected chi connectivity index (χ0v) is 20.2. The molecule has 2 aliphatic heterocycles. The number of rotatable bonds is 5. The monoisotopic (exact) mass is 462 g/mol. The maximum Gasteiger partial charge on any atom is 0.237 e. The molecule has 0 aromatic heterocycles. The average Bonchev–Trinajstić information content (AvgIpc) is 3.41. The second kappa shape index (κ2) is 11.3. The molecular formula is C29H38N2O3. The largest absolute Gasteiger partial charge is 0.493 e. The van der Waals surface area contributed by atoms with Gasteiger partial charge in [-0.1, -0.05) is 63.1 Å². The third-order valence-electron chi connectivity index (χ3n) is 7.62. The van der Waals surface area contributed by atoms with Gasteiger partial charge in [-0.15, -0.1) is 0 Å². The molecule has 2 atom stereocenters. The molecular weight excluding hydrogens is 424 g/mol. The Labute approximate surface area is 203 Å². The number of benzene rings is 2. The molecule has 34 heavy (non-hydrogen) atoms. The van der Waals surface area contributed by atoms with Gasteiger partial charge in [-0.05, 0) is 56.3 Å². The van der Waals surface area contributed by atoms with Crippen LogP contribution < -0.4 is 20.1 Å². The highest BCUT2D eigenvalue weighted by molar-refractivity contribution is 5.83. The third kappa shape index (κ3) is 5.57. The van der Waals surface area contributed by atoms with Crippen LogP contribution in [0.5, 0.6) is 17.2 Å². The Bertz CT molecular complexity index is 960. The highest BCUT2D eigenvalue weighted by atomic mass is 16.5. The van der Waals surface area contributed by atoms with Crippen LogP contribution in [0.4, 0.5) is 0 Å². The van der Waals surface area contributed by atoms with Crippen LogP contribution in [0.15, 0.2) is 42.5 Å². The van der Waals surface area contributed by atoms with Gasteiger partial charge in [0.15, 0.2) is 0 Å². The van der Waals surface area contributed by atoms with E-state index in [9.17, 15) is 4.79 Å². The molecule has 5 heteroatoms. The van der Waals surface area contributed by atoms with Crippen molar-refractivity contribution in [2.45, 2.75) is 82.7 Å². The number of fused-ring (bicyclic) bond motifs is 2. The predicted octanol–water partition coefficient (Wildman–Crippen LogP) is 6.27. The standard InChI is InChI=1S/C29H38N2O3/c32-29(25-14-10-18-30-25)31-28-23-13-8-9-15-26(23)34-27-19-22(16-17-24(27)28)33-20-21-11-6-4-2-1-3-5-7-12-21/h8-9,13,15-17,19,21,25,28,30H,1-7,10-12,14,18,20H2,(H,31,32). The van der Waals surface area contributed by atoms with Gasteiger partial charge in [-0.25, -0.2) is 0 Å². The maximum absolute atomic E-state index is 12.9. The van der Waals surface area contributed by atoms with Gasteiger partial charge in [-0.3, -0.25) is 4.79 Å². The summed E-state index contributed by atoms with van der Waals surface area (Å²) in [5.74, 6) is 3.09. The van der Waals surface area contributed by atoms with E-state index in [0.717, 1.165) is 54.4 Å². The van der Waals surface area contributed by atoms with E-state index in [1.807, 2.05) is 36.4 Å². The van der Waals surface area contributed by atoms with Crippen molar-refractivity contribution < 1.29 is 14.3 Å². The van der Waals surface area contributed by atoms with Crippen LogP contribution >= 0.6 is 0 Å². The molecule has 2 unspecified atom stereocenters. The molecule has 1 aliphatic carbocycles. The number of carbonyl (C=O) groups is 1. The zero-order chi connectivity index (χ0) is 23.2. The minimum Gasteiger partial charge on any atom is -0.493 e. The van der Waals surface area contributed by atoms with E-state index < -0.39 is 0 Å². The van der Waals surface area contributed by atoms with E-state index in [0.29, 0.717) is 5.92 Å². The molecule has 1 saturated heterocycles. The Morgan fingerprint density at radius 3 is 2.38 bits per heavy atom.